The summed E-state index contributed by atoms with van der Waals surface area (Å²) in [5.41, 5.74) is 10.1. The van der Waals surface area contributed by atoms with E-state index in [0.717, 1.165) is 34.9 Å². The molecule has 2 N–H and O–H groups in total. The summed E-state index contributed by atoms with van der Waals surface area (Å²) in [5, 5.41) is 1.15. The van der Waals surface area contributed by atoms with Gasteiger partial charge in [0.25, 0.3) is 0 Å². The fourth-order valence-corrected chi connectivity index (χ4v) is 2.95. The van der Waals surface area contributed by atoms with E-state index in [-0.39, 0.29) is 0 Å². The lowest BCUT2D eigenvalue weighted by Gasteiger charge is -2.15. The largest absolute Gasteiger partial charge is 0.382 e. The van der Waals surface area contributed by atoms with Gasteiger partial charge in [0.05, 0.1) is 23.6 Å². The predicted octanol–water partition coefficient (Wildman–Crippen LogP) is 3.73. The van der Waals surface area contributed by atoms with Crippen molar-refractivity contribution in [1.29, 1.82) is 0 Å². The van der Waals surface area contributed by atoms with Crippen LogP contribution in [0.15, 0.2) is 18.7 Å². The Hall–Kier alpha value is -2.17. The van der Waals surface area contributed by atoms with Crippen molar-refractivity contribution in [3.63, 3.8) is 0 Å². The van der Waals surface area contributed by atoms with Crippen molar-refractivity contribution in [3.05, 3.63) is 24.3 Å². The summed E-state index contributed by atoms with van der Waals surface area (Å²) in [6.45, 7) is 9.74. The van der Waals surface area contributed by atoms with Crippen LogP contribution in [-0.2, 0) is 6.54 Å². The van der Waals surface area contributed by atoms with Crippen LogP contribution >= 0.6 is 0 Å². The number of anilines is 1. The second-order valence-corrected chi connectivity index (χ2v) is 6.42. The third-order valence-electron chi connectivity index (χ3n) is 4.22. The van der Waals surface area contributed by atoms with Crippen LogP contribution in [0.25, 0.3) is 21.9 Å². The maximum atomic E-state index is 6.11. The number of nitrogen functional groups attached to an aromatic ring is 1. The highest BCUT2D eigenvalue weighted by atomic mass is 15.1. The van der Waals surface area contributed by atoms with E-state index in [0.29, 0.717) is 17.7 Å². The molecule has 3 rings (SSSR count). The second-order valence-electron chi connectivity index (χ2n) is 6.42. The Morgan fingerprint density at radius 3 is 2.68 bits per heavy atom. The van der Waals surface area contributed by atoms with Gasteiger partial charge in [0.15, 0.2) is 5.82 Å². The van der Waals surface area contributed by atoms with E-state index in [4.69, 9.17) is 5.73 Å². The van der Waals surface area contributed by atoms with Crippen LogP contribution in [0.1, 0.15) is 45.6 Å². The maximum absolute atomic E-state index is 6.11. The molecule has 3 heterocycles. The highest BCUT2D eigenvalue weighted by molar-refractivity contribution is 6.07. The number of hydrogen-bond donors (Lipinski definition) is 1. The van der Waals surface area contributed by atoms with Crippen LogP contribution in [0.4, 0.5) is 5.82 Å². The van der Waals surface area contributed by atoms with Gasteiger partial charge in [-0.1, -0.05) is 27.7 Å². The van der Waals surface area contributed by atoms with E-state index in [1.165, 1.54) is 5.56 Å². The van der Waals surface area contributed by atoms with Gasteiger partial charge in [-0.3, -0.25) is 4.98 Å². The average molecular weight is 297 g/mol. The first-order chi connectivity index (χ1) is 10.5. The summed E-state index contributed by atoms with van der Waals surface area (Å²) in [7, 11) is 0. The molecule has 0 amide bonds. The molecular weight excluding hydrogens is 274 g/mol. The van der Waals surface area contributed by atoms with Gasteiger partial charge in [0, 0.05) is 18.1 Å². The molecule has 0 aromatic carbocycles. The summed E-state index contributed by atoms with van der Waals surface area (Å²) in [5.74, 6) is 1.44. The average Bonchev–Trinajstić information content (AvgIpc) is 2.89. The fourth-order valence-electron chi connectivity index (χ4n) is 2.95. The molecule has 116 valence electrons. The first-order valence-corrected chi connectivity index (χ1v) is 7.90. The molecular formula is C17H23N5. The molecule has 22 heavy (non-hydrogen) atoms. The molecule has 3 aromatic heterocycles. The third-order valence-corrected chi connectivity index (χ3v) is 4.22. The topological polar surface area (TPSA) is 69.6 Å². The van der Waals surface area contributed by atoms with Gasteiger partial charge in [0.1, 0.15) is 5.52 Å². The molecule has 0 aliphatic rings. The number of hydrogen-bond acceptors (Lipinski definition) is 4. The standard InChI is InChI=1S/C17H23N5/c1-5-11(4)12-6-19-7-13-14(12)16-15(17(18)21-13)20-9-22(16)8-10(2)3/h6-7,9-11H,5,8H2,1-4H3,(H2,18,21). The molecule has 5 heteroatoms. The fraction of sp³-hybridized carbons (Fsp3) is 0.471. The van der Waals surface area contributed by atoms with E-state index in [9.17, 15) is 0 Å². The van der Waals surface area contributed by atoms with Gasteiger partial charge < -0.3 is 10.3 Å². The van der Waals surface area contributed by atoms with E-state index in [1.807, 2.05) is 12.5 Å². The minimum Gasteiger partial charge on any atom is -0.382 e. The normalized spacial score (nSPS) is 13.3. The van der Waals surface area contributed by atoms with Crippen molar-refractivity contribution < 1.29 is 0 Å². The van der Waals surface area contributed by atoms with Gasteiger partial charge in [-0.05, 0) is 23.8 Å². The highest BCUT2D eigenvalue weighted by Crippen LogP contribution is 2.33. The van der Waals surface area contributed by atoms with Gasteiger partial charge >= 0.3 is 0 Å². The van der Waals surface area contributed by atoms with Gasteiger partial charge in [-0.15, -0.1) is 0 Å². The molecule has 1 unspecified atom stereocenters. The number of nitrogens with two attached hydrogens (primary N) is 1. The van der Waals surface area contributed by atoms with Crippen molar-refractivity contribution in [3.8, 4) is 0 Å². The van der Waals surface area contributed by atoms with Crippen molar-refractivity contribution in [2.45, 2.75) is 46.6 Å². The molecule has 0 bridgehead atoms. The first kappa shape index (κ1) is 14.8. The number of pyridine rings is 2. The zero-order chi connectivity index (χ0) is 15.9. The minimum atomic E-state index is 0.423. The second kappa shape index (κ2) is 5.55. The quantitative estimate of drug-likeness (QED) is 0.796. The van der Waals surface area contributed by atoms with Crippen molar-refractivity contribution in [1.82, 2.24) is 19.5 Å². The van der Waals surface area contributed by atoms with Crippen LogP contribution in [0.5, 0.6) is 0 Å². The lowest BCUT2D eigenvalue weighted by molar-refractivity contribution is 0.533. The lowest BCUT2D eigenvalue weighted by atomic mass is 9.96. The molecule has 5 nitrogen and oxygen atoms in total. The van der Waals surface area contributed by atoms with Gasteiger partial charge in [-0.25, -0.2) is 9.97 Å². The van der Waals surface area contributed by atoms with Crippen LogP contribution in [-0.4, -0.2) is 19.5 Å². The Morgan fingerprint density at radius 2 is 2.00 bits per heavy atom. The number of rotatable bonds is 4. The van der Waals surface area contributed by atoms with Crippen molar-refractivity contribution in [2.75, 3.05) is 5.73 Å². The summed E-state index contributed by atoms with van der Waals surface area (Å²) in [6, 6.07) is 0. The van der Waals surface area contributed by atoms with Crippen molar-refractivity contribution in [2.24, 2.45) is 5.92 Å². The smallest absolute Gasteiger partial charge is 0.152 e. The van der Waals surface area contributed by atoms with E-state index < -0.39 is 0 Å². The molecule has 0 radical (unpaired) electrons. The number of imidazole rings is 1. The number of fused-ring (bicyclic) bond motifs is 3. The Kier molecular flexibility index (Phi) is 3.72. The molecule has 0 saturated heterocycles. The molecule has 0 fully saturated rings. The molecule has 0 spiro atoms. The Morgan fingerprint density at radius 1 is 1.23 bits per heavy atom. The summed E-state index contributed by atoms with van der Waals surface area (Å²) >= 11 is 0. The predicted molar refractivity (Wildman–Crippen MR) is 90.8 cm³/mol. The van der Waals surface area contributed by atoms with Gasteiger partial charge in [-0.2, -0.15) is 0 Å². The minimum absolute atomic E-state index is 0.423. The Bertz CT molecular complexity index is 819. The van der Waals surface area contributed by atoms with E-state index in [2.05, 4.69) is 47.2 Å². The van der Waals surface area contributed by atoms with Crippen LogP contribution in [0, 0.1) is 5.92 Å². The summed E-state index contributed by atoms with van der Waals surface area (Å²) < 4.78 is 2.20. The molecule has 0 saturated carbocycles. The number of nitrogens with zero attached hydrogens (tertiary/aromatic N) is 4. The Labute approximate surface area is 130 Å². The molecule has 0 aliphatic carbocycles. The van der Waals surface area contributed by atoms with Gasteiger partial charge in [0.2, 0.25) is 0 Å². The molecule has 0 aliphatic heterocycles. The SMILES string of the molecule is CCC(C)c1cncc2nc(N)c3ncn(CC(C)C)c3c12. The van der Waals surface area contributed by atoms with Crippen LogP contribution < -0.4 is 5.73 Å². The van der Waals surface area contributed by atoms with Crippen molar-refractivity contribution >= 4 is 27.8 Å². The monoisotopic (exact) mass is 297 g/mol. The van der Waals surface area contributed by atoms with Crippen LogP contribution in [0.2, 0.25) is 0 Å². The third kappa shape index (κ3) is 2.30. The first-order valence-electron chi connectivity index (χ1n) is 7.90. The summed E-state index contributed by atoms with van der Waals surface area (Å²) in [6.07, 6.45) is 6.69. The van der Waals surface area contributed by atoms with E-state index in [1.54, 1.807) is 6.20 Å². The molecule has 3 aromatic rings. The Balaban J connectivity index is 2.42. The summed E-state index contributed by atoms with van der Waals surface area (Å²) in [4.78, 5) is 13.4. The highest BCUT2D eigenvalue weighted by Gasteiger charge is 2.18. The van der Waals surface area contributed by atoms with E-state index >= 15 is 0 Å². The number of aromatic nitrogens is 4. The zero-order valence-corrected chi connectivity index (χ0v) is 13.7. The maximum Gasteiger partial charge on any atom is 0.152 e. The van der Waals surface area contributed by atoms with Crippen LogP contribution in [0.3, 0.4) is 0 Å². The lowest BCUT2D eigenvalue weighted by Crippen LogP contribution is -2.05. The zero-order valence-electron chi connectivity index (χ0n) is 13.7. The molecule has 1 atom stereocenters.